The monoisotopic (exact) mass is 416 g/mol. The molecule has 1 N–H and O–H groups in total. The van der Waals surface area contributed by atoms with Gasteiger partial charge in [-0.3, -0.25) is 14.7 Å². The van der Waals surface area contributed by atoms with Gasteiger partial charge in [0.2, 0.25) is 11.0 Å². The second-order valence-corrected chi connectivity index (χ2v) is 8.22. The fourth-order valence-corrected chi connectivity index (χ4v) is 4.24. The van der Waals surface area contributed by atoms with Gasteiger partial charge in [0.05, 0.1) is 5.75 Å². The second kappa shape index (κ2) is 8.19. The van der Waals surface area contributed by atoms with Crippen molar-refractivity contribution in [2.75, 3.05) is 11.1 Å². The van der Waals surface area contributed by atoms with E-state index >= 15 is 0 Å². The van der Waals surface area contributed by atoms with E-state index in [1.807, 2.05) is 4.57 Å². The van der Waals surface area contributed by atoms with Gasteiger partial charge in [-0.05, 0) is 37.1 Å². The molecule has 2 aromatic heterocycles. The van der Waals surface area contributed by atoms with Gasteiger partial charge in [0, 0.05) is 18.0 Å². The molecule has 1 aromatic carbocycles. The molecule has 7 nitrogen and oxygen atoms in total. The Morgan fingerprint density at radius 2 is 2.07 bits per heavy atom. The number of nitrogens with one attached hydrogen (secondary N) is 1. The maximum Gasteiger partial charge on any atom is 0.236 e. The lowest BCUT2D eigenvalue weighted by atomic mass is 10.2. The number of halogens is 1. The molecule has 1 amide bonds. The van der Waals surface area contributed by atoms with E-state index in [1.54, 1.807) is 18.2 Å². The summed E-state index contributed by atoms with van der Waals surface area (Å²) >= 11 is 2.70. The number of thioether (sulfide) groups is 1. The number of nitrogens with zero attached hydrogens (tertiary/aromatic N) is 5. The molecule has 0 bridgehead atoms. The first-order valence-corrected chi connectivity index (χ1v) is 10.5. The number of benzene rings is 1. The third kappa shape index (κ3) is 4.28. The van der Waals surface area contributed by atoms with Crippen LogP contribution >= 0.6 is 23.1 Å². The minimum Gasteiger partial charge on any atom is -0.300 e. The molecule has 28 heavy (non-hydrogen) atoms. The number of anilines is 1. The van der Waals surface area contributed by atoms with E-state index in [0.717, 1.165) is 23.4 Å². The van der Waals surface area contributed by atoms with E-state index < -0.39 is 0 Å². The van der Waals surface area contributed by atoms with Crippen LogP contribution in [0.5, 0.6) is 0 Å². The van der Waals surface area contributed by atoms with Gasteiger partial charge in [-0.1, -0.05) is 29.2 Å². The quantitative estimate of drug-likeness (QED) is 0.445. The van der Waals surface area contributed by atoms with Gasteiger partial charge in [0.25, 0.3) is 0 Å². The molecule has 1 aliphatic carbocycles. The number of allylic oxidation sites excluding steroid dienone is 1. The minimum atomic E-state index is -0.314. The Labute approximate surface area is 169 Å². The summed E-state index contributed by atoms with van der Waals surface area (Å²) in [5.41, 5.74) is 0.744. The zero-order valence-electron chi connectivity index (χ0n) is 14.8. The lowest BCUT2D eigenvalue weighted by Crippen LogP contribution is -2.14. The molecule has 10 heteroatoms. The summed E-state index contributed by atoms with van der Waals surface area (Å²) < 4.78 is 15.0. The van der Waals surface area contributed by atoms with Crippen molar-refractivity contribution in [1.29, 1.82) is 0 Å². The van der Waals surface area contributed by atoms with Crippen molar-refractivity contribution < 1.29 is 9.18 Å². The minimum absolute atomic E-state index is 0.164. The van der Waals surface area contributed by atoms with E-state index in [4.69, 9.17) is 0 Å². The molecule has 0 unspecified atom stereocenters. The molecule has 3 aromatic rings. The molecule has 144 valence electrons. The molecular formula is C18H17FN6OS2. The Hall–Kier alpha value is -2.59. The molecule has 0 aliphatic heterocycles. The van der Waals surface area contributed by atoms with Crippen molar-refractivity contribution in [3.8, 4) is 11.4 Å². The average molecular weight is 417 g/mol. The van der Waals surface area contributed by atoms with E-state index in [1.165, 1.54) is 35.2 Å². The Morgan fingerprint density at radius 3 is 2.79 bits per heavy atom. The van der Waals surface area contributed by atoms with Crippen molar-refractivity contribution in [2.24, 2.45) is 0 Å². The van der Waals surface area contributed by atoms with Crippen LogP contribution < -0.4 is 5.32 Å². The molecule has 0 atom stereocenters. The first-order chi connectivity index (χ1) is 13.6. The third-order valence-corrected chi connectivity index (χ3v) is 6.04. The molecule has 0 spiro atoms. The normalized spacial score (nSPS) is 13.5. The highest BCUT2D eigenvalue weighted by atomic mass is 32.2. The summed E-state index contributed by atoms with van der Waals surface area (Å²) in [5, 5.41) is 21.4. The summed E-state index contributed by atoms with van der Waals surface area (Å²) in [6.07, 6.45) is 4.02. The highest BCUT2D eigenvalue weighted by Gasteiger charge is 2.27. The summed E-state index contributed by atoms with van der Waals surface area (Å²) in [6, 6.07) is 6.04. The second-order valence-electron chi connectivity index (χ2n) is 6.27. The summed E-state index contributed by atoms with van der Waals surface area (Å²) in [4.78, 5) is 12.3. The zero-order chi connectivity index (χ0) is 19.5. The molecule has 1 saturated carbocycles. The van der Waals surface area contributed by atoms with Crippen molar-refractivity contribution >= 4 is 34.1 Å². The lowest BCUT2D eigenvalue weighted by molar-refractivity contribution is -0.113. The predicted octanol–water partition coefficient (Wildman–Crippen LogP) is 3.73. The number of carbonyl (C=O) groups is 1. The molecule has 2 heterocycles. The number of hydrogen-bond acceptors (Lipinski definition) is 7. The van der Waals surface area contributed by atoms with E-state index in [2.05, 4.69) is 32.3 Å². The first kappa shape index (κ1) is 18.8. The van der Waals surface area contributed by atoms with E-state index in [9.17, 15) is 9.18 Å². The number of carbonyl (C=O) groups excluding carboxylic acids is 1. The van der Waals surface area contributed by atoms with Crippen LogP contribution in [0.3, 0.4) is 0 Å². The van der Waals surface area contributed by atoms with Crippen molar-refractivity contribution in [1.82, 2.24) is 25.0 Å². The van der Waals surface area contributed by atoms with Crippen LogP contribution in [0.1, 0.15) is 23.8 Å². The molecule has 4 rings (SSSR count). The molecule has 1 aliphatic rings. The Kier molecular flexibility index (Phi) is 5.49. The fourth-order valence-electron chi connectivity index (χ4n) is 2.57. The van der Waals surface area contributed by atoms with Crippen LogP contribution in [0.25, 0.3) is 11.4 Å². The molecule has 1 fully saturated rings. The van der Waals surface area contributed by atoms with Crippen molar-refractivity contribution in [3.05, 3.63) is 47.7 Å². The van der Waals surface area contributed by atoms with Gasteiger partial charge in [0.15, 0.2) is 11.0 Å². The number of amides is 1. The molecular weight excluding hydrogens is 399 g/mol. The predicted molar refractivity (Wildman–Crippen MR) is 107 cm³/mol. The highest BCUT2D eigenvalue weighted by Crippen LogP contribution is 2.42. The average Bonchev–Trinajstić information content (AvgIpc) is 3.31. The van der Waals surface area contributed by atoms with Gasteiger partial charge >= 0.3 is 0 Å². The maximum atomic E-state index is 13.2. The van der Waals surface area contributed by atoms with Gasteiger partial charge in [0.1, 0.15) is 10.8 Å². The van der Waals surface area contributed by atoms with Crippen molar-refractivity contribution in [3.63, 3.8) is 0 Å². The van der Waals surface area contributed by atoms with Crippen molar-refractivity contribution in [2.45, 2.75) is 30.5 Å². The highest BCUT2D eigenvalue weighted by molar-refractivity contribution is 7.99. The van der Waals surface area contributed by atoms with Crippen LogP contribution in [0.2, 0.25) is 0 Å². The fraction of sp³-hybridized carbons (Fsp3) is 0.278. The number of aromatic nitrogens is 5. The standard InChI is InChI=1S/C18H17FN6OS2/c1-2-9-25-15(11-5-7-13(19)8-6-11)21-24-18(25)27-10-14(26)20-17-23-22-16(28-17)12-3-4-12/h2,5-8,12H,1,3-4,9-10H2,(H,20,23,26). The van der Waals surface area contributed by atoms with Gasteiger partial charge in [-0.2, -0.15) is 0 Å². The molecule has 0 radical (unpaired) electrons. The van der Waals surface area contributed by atoms with Crippen LogP contribution in [0.15, 0.2) is 42.1 Å². The SMILES string of the molecule is C=CCn1c(SCC(=O)Nc2nnc(C3CC3)s2)nnc1-c1ccc(F)cc1. The van der Waals surface area contributed by atoms with Gasteiger partial charge in [-0.25, -0.2) is 4.39 Å². The topological polar surface area (TPSA) is 85.6 Å². The third-order valence-electron chi connectivity index (χ3n) is 4.08. The summed E-state index contributed by atoms with van der Waals surface area (Å²) in [7, 11) is 0. The van der Waals surface area contributed by atoms with Crippen LogP contribution in [0, 0.1) is 5.82 Å². The largest absolute Gasteiger partial charge is 0.300 e. The molecule has 0 saturated heterocycles. The van der Waals surface area contributed by atoms with Crippen LogP contribution in [0.4, 0.5) is 9.52 Å². The number of hydrogen-bond donors (Lipinski definition) is 1. The van der Waals surface area contributed by atoms with Crippen LogP contribution in [-0.4, -0.2) is 36.6 Å². The van der Waals surface area contributed by atoms with Gasteiger partial charge < -0.3 is 0 Å². The Bertz CT molecular complexity index is 996. The first-order valence-electron chi connectivity index (χ1n) is 8.70. The summed E-state index contributed by atoms with van der Waals surface area (Å²) in [5.74, 6) is 0.781. The Balaban J connectivity index is 1.42. The maximum absolute atomic E-state index is 13.2. The number of rotatable bonds is 8. The Morgan fingerprint density at radius 1 is 1.29 bits per heavy atom. The lowest BCUT2D eigenvalue weighted by Gasteiger charge is -2.07. The summed E-state index contributed by atoms with van der Waals surface area (Å²) in [6.45, 7) is 4.24. The van der Waals surface area contributed by atoms with Crippen LogP contribution in [-0.2, 0) is 11.3 Å². The zero-order valence-corrected chi connectivity index (χ0v) is 16.5. The van der Waals surface area contributed by atoms with Gasteiger partial charge in [-0.15, -0.1) is 27.0 Å². The smallest absolute Gasteiger partial charge is 0.236 e. The van der Waals surface area contributed by atoms with E-state index in [0.29, 0.717) is 28.6 Å². The van der Waals surface area contributed by atoms with E-state index in [-0.39, 0.29) is 17.5 Å².